The molecule has 1 saturated heterocycles. The largest absolute Gasteiger partial charge is 0.455 e. The van der Waals surface area contributed by atoms with Crippen LogP contribution in [0, 0.1) is 0 Å². The first-order valence-electron chi connectivity index (χ1n) is 9.91. The fourth-order valence-corrected chi connectivity index (χ4v) is 4.23. The molecule has 3 aromatic rings. The Morgan fingerprint density at radius 1 is 1.00 bits per heavy atom. The molecule has 2 aromatic heterocycles. The topological polar surface area (TPSA) is 37.2 Å². The molecule has 3 heterocycles. The van der Waals surface area contributed by atoms with Crippen LogP contribution in [0.3, 0.4) is 0 Å². The Morgan fingerprint density at radius 3 is 2.32 bits per heavy atom. The van der Waals surface area contributed by atoms with E-state index in [1.807, 2.05) is 0 Å². The van der Waals surface area contributed by atoms with Crippen molar-refractivity contribution in [3.05, 3.63) is 35.2 Å². The molecule has 0 amide bonds. The summed E-state index contributed by atoms with van der Waals surface area (Å²) >= 11 is 6.09. The van der Waals surface area contributed by atoms with Gasteiger partial charge in [-0.3, -0.25) is 4.90 Å². The lowest BCUT2D eigenvalue weighted by molar-refractivity contribution is -0.286. The minimum absolute atomic E-state index is 0.0307. The van der Waals surface area contributed by atoms with Crippen LogP contribution in [-0.2, 0) is 13.1 Å². The van der Waals surface area contributed by atoms with Crippen molar-refractivity contribution >= 4 is 33.5 Å². The number of hydrogen-bond donors (Lipinski definition) is 0. The second kappa shape index (κ2) is 8.14. The number of rotatable bonds is 5. The number of piperazine rings is 1. The Morgan fingerprint density at radius 2 is 1.68 bits per heavy atom. The van der Waals surface area contributed by atoms with Gasteiger partial charge in [-0.25, -0.2) is 9.97 Å². The van der Waals surface area contributed by atoms with Gasteiger partial charge in [-0.2, -0.15) is 22.0 Å². The van der Waals surface area contributed by atoms with E-state index in [0.29, 0.717) is 11.9 Å². The van der Waals surface area contributed by atoms with Crippen molar-refractivity contribution in [3.8, 4) is 0 Å². The van der Waals surface area contributed by atoms with Crippen LogP contribution in [0.1, 0.15) is 12.5 Å². The number of halogens is 6. The van der Waals surface area contributed by atoms with Crippen molar-refractivity contribution in [1.82, 2.24) is 24.3 Å². The maximum atomic E-state index is 13.9. The van der Waals surface area contributed by atoms with Gasteiger partial charge in [0.1, 0.15) is 17.4 Å². The molecule has 0 bridgehead atoms. The average molecular weight is 462 g/mol. The molecule has 11 heteroatoms. The van der Waals surface area contributed by atoms with Gasteiger partial charge in [0, 0.05) is 38.1 Å². The SMILES string of the molecule is CCN1CCN(Cc2ccc3c(c2)c2ncnc(Cl)c2n3CC(F)(F)C(F)(F)F)CC1. The van der Waals surface area contributed by atoms with Gasteiger partial charge >= 0.3 is 12.1 Å². The standard InChI is InChI=1S/C20H21ClF5N5/c1-2-29-5-7-30(8-6-29)10-13-3-4-15-14(9-13)16-17(18(21)28-12-27-16)31(15)11-19(22,23)20(24,25)26/h3-4,9,12H,2,5-8,10-11H2,1H3. The number of likely N-dealkylation sites (N-methyl/N-ethyl adjacent to an activating group) is 1. The highest BCUT2D eigenvalue weighted by Crippen LogP contribution is 2.40. The summed E-state index contributed by atoms with van der Waals surface area (Å²) in [4.78, 5) is 12.5. The van der Waals surface area contributed by atoms with Crippen LogP contribution < -0.4 is 0 Å². The Balaban J connectivity index is 1.73. The van der Waals surface area contributed by atoms with Crippen LogP contribution in [0.15, 0.2) is 24.5 Å². The monoisotopic (exact) mass is 461 g/mol. The predicted octanol–water partition coefficient (Wildman–Crippen LogP) is 4.57. The summed E-state index contributed by atoms with van der Waals surface area (Å²) in [5.41, 5.74) is 1.36. The van der Waals surface area contributed by atoms with E-state index in [-0.39, 0.29) is 21.7 Å². The smallest absolute Gasteiger partial charge is 0.330 e. The lowest BCUT2D eigenvalue weighted by Crippen LogP contribution is -2.45. The quantitative estimate of drug-likeness (QED) is 0.412. The lowest BCUT2D eigenvalue weighted by Gasteiger charge is -2.34. The van der Waals surface area contributed by atoms with Gasteiger partial charge in [-0.1, -0.05) is 24.6 Å². The molecular weight excluding hydrogens is 441 g/mol. The van der Waals surface area contributed by atoms with Gasteiger partial charge in [0.15, 0.2) is 5.15 Å². The van der Waals surface area contributed by atoms with Crippen molar-refractivity contribution in [3.63, 3.8) is 0 Å². The third-order valence-corrected chi connectivity index (χ3v) is 6.02. The first-order valence-corrected chi connectivity index (χ1v) is 10.3. The number of aromatic nitrogens is 3. The molecule has 4 rings (SSSR count). The molecule has 0 saturated carbocycles. The highest BCUT2D eigenvalue weighted by Gasteiger charge is 2.57. The van der Waals surface area contributed by atoms with Gasteiger partial charge in [0.05, 0.1) is 12.1 Å². The molecule has 168 valence electrons. The maximum Gasteiger partial charge on any atom is 0.455 e. The fourth-order valence-electron chi connectivity index (χ4n) is 3.99. The molecule has 31 heavy (non-hydrogen) atoms. The Labute approximate surface area is 180 Å². The van der Waals surface area contributed by atoms with Crippen molar-refractivity contribution in [2.75, 3.05) is 32.7 Å². The van der Waals surface area contributed by atoms with Crippen LogP contribution in [0.4, 0.5) is 22.0 Å². The maximum absolute atomic E-state index is 13.9. The molecule has 0 N–H and O–H groups in total. The van der Waals surface area contributed by atoms with Gasteiger partial charge in [0.2, 0.25) is 0 Å². The summed E-state index contributed by atoms with van der Waals surface area (Å²) in [5.74, 6) is -4.93. The highest BCUT2D eigenvalue weighted by molar-refractivity contribution is 6.34. The van der Waals surface area contributed by atoms with Crippen LogP contribution in [-0.4, -0.2) is 69.2 Å². The summed E-state index contributed by atoms with van der Waals surface area (Å²) in [6.07, 6.45) is -4.51. The first-order chi connectivity index (χ1) is 14.6. The van der Waals surface area contributed by atoms with Gasteiger partial charge in [-0.15, -0.1) is 0 Å². The van der Waals surface area contributed by atoms with Gasteiger partial charge in [-0.05, 0) is 24.2 Å². The zero-order valence-corrected chi connectivity index (χ0v) is 17.5. The molecular formula is C20H21ClF5N5. The normalized spacial score (nSPS) is 17.1. The van der Waals surface area contributed by atoms with Crippen molar-refractivity contribution in [2.45, 2.75) is 32.1 Å². The summed E-state index contributed by atoms with van der Waals surface area (Å²) in [6, 6.07) is 5.09. The molecule has 1 aromatic carbocycles. The predicted molar refractivity (Wildman–Crippen MR) is 108 cm³/mol. The number of fused-ring (bicyclic) bond motifs is 3. The Hall–Kier alpha value is -2.04. The Kier molecular flexibility index (Phi) is 5.82. The summed E-state index contributed by atoms with van der Waals surface area (Å²) in [5, 5.41) is 0.304. The molecule has 0 aliphatic carbocycles. The van der Waals surface area contributed by atoms with Crippen LogP contribution in [0.25, 0.3) is 21.9 Å². The minimum Gasteiger partial charge on any atom is -0.330 e. The minimum atomic E-state index is -5.68. The second-order valence-electron chi connectivity index (χ2n) is 7.71. The van der Waals surface area contributed by atoms with E-state index in [9.17, 15) is 22.0 Å². The summed E-state index contributed by atoms with van der Waals surface area (Å²) in [6.45, 7) is 5.91. The van der Waals surface area contributed by atoms with Crippen molar-refractivity contribution < 1.29 is 22.0 Å². The molecule has 1 aliphatic rings. The molecule has 1 fully saturated rings. The van der Waals surface area contributed by atoms with E-state index in [4.69, 9.17) is 11.6 Å². The molecule has 0 spiro atoms. The van der Waals surface area contributed by atoms with Gasteiger partial charge < -0.3 is 9.47 Å². The summed E-state index contributed by atoms with van der Waals surface area (Å²) in [7, 11) is 0. The molecule has 5 nitrogen and oxygen atoms in total. The van der Waals surface area contributed by atoms with Crippen molar-refractivity contribution in [1.29, 1.82) is 0 Å². The first kappa shape index (κ1) is 22.2. The lowest BCUT2D eigenvalue weighted by atomic mass is 10.1. The summed E-state index contributed by atoms with van der Waals surface area (Å²) < 4.78 is 67.2. The molecule has 0 unspecified atom stereocenters. The van der Waals surface area contributed by atoms with E-state index in [2.05, 4.69) is 26.7 Å². The van der Waals surface area contributed by atoms with Gasteiger partial charge in [0.25, 0.3) is 0 Å². The zero-order valence-electron chi connectivity index (χ0n) is 16.8. The second-order valence-corrected chi connectivity index (χ2v) is 8.07. The number of alkyl halides is 5. The van der Waals surface area contributed by atoms with Crippen molar-refractivity contribution in [2.24, 2.45) is 0 Å². The number of nitrogens with zero attached hydrogens (tertiary/aromatic N) is 5. The van der Waals surface area contributed by atoms with Crippen LogP contribution in [0.2, 0.25) is 5.15 Å². The Bertz CT molecular complexity index is 1090. The van der Waals surface area contributed by atoms with E-state index >= 15 is 0 Å². The highest BCUT2D eigenvalue weighted by atomic mass is 35.5. The van der Waals surface area contributed by atoms with Crippen LogP contribution in [0.5, 0.6) is 0 Å². The third kappa shape index (κ3) is 4.20. The van der Waals surface area contributed by atoms with Crippen LogP contribution >= 0.6 is 11.6 Å². The molecule has 0 atom stereocenters. The fraction of sp³-hybridized carbons (Fsp3) is 0.500. The number of benzene rings is 1. The number of hydrogen-bond acceptors (Lipinski definition) is 4. The average Bonchev–Trinajstić information content (AvgIpc) is 3.02. The molecule has 1 aliphatic heterocycles. The van der Waals surface area contributed by atoms with E-state index in [0.717, 1.165) is 42.9 Å². The third-order valence-electron chi connectivity index (χ3n) is 5.74. The molecule has 0 radical (unpaired) electrons. The zero-order chi connectivity index (χ0) is 22.4. The van der Waals surface area contributed by atoms with E-state index in [1.165, 1.54) is 6.33 Å². The van der Waals surface area contributed by atoms with E-state index in [1.54, 1.807) is 18.2 Å². The van der Waals surface area contributed by atoms with E-state index < -0.39 is 18.6 Å².